The van der Waals surface area contributed by atoms with Crippen LogP contribution in [0.5, 0.6) is 0 Å². The quantitative estimate of drug-likeness (QED) is 0.917. The number of nitrogens with one attached hydrogen (secondary N) is 1. The van der Waals surface area contributed by atoms with E-state index in [-0.39, 0.29) is 5.41 Å². The highest BCUT2D eigenvalue weighted by molar-refractivity contribution is 6.33. The van der Waals surface area contributed by atoms with Crippen LogP contribution in [0, 0.1) is 0 Å². The lowest BCUT2D eigenvalue weighted by Gasteiger charge is -2.30. The van der Waals surface area contributed by atoms with Gasteiger partial charge in [0.05, 0.1) is 10.4 Å². The fourth-order valence-electron chi connectivity index (χ4n) is 2.46. The molecule has 1 saturated heterocycles. The first-order valence-electron chi connectivity index (χ1n) is 6.49. The second-order valence-electron chi connectivity index (χ2n) is 5.24. The molecule has 1 aromatic carbocycles. The SMILES string of the molecule is CC1(c2nc(-c3ccccc3Cl)no2)CCCNC1. The molecule has 4 nitrogen and oxygen atoms in total. The number of nitrogens with zero attached hydrogens (tertiary/aromatic N) is 2. The van der Waals surface area contributed by atoms with E-state index >= 15 is 0 Å². The van der Waals surface area contributed by atoms with Gasteiger partial charge in [0, 0.05) is 12.1 Å². The zero-order valence-corrected chi connectivity index (χ0v) is 11.6. The smallest absolute Gasteiger partial charge is 0.234 e. The maximum atomic E-state index is 6.15. The van der Waals surface area contributed by atoms with Crippen molar-refractivity contribution in [1.29, 1.82) is 0 Å². The standard InChI is InChI=1S/C14H16ClN3O/c1-14(7-4-8-16-9-14)13-17-12(18-19-13)10-5-2-3-6-11(10)15/h2-3,5-6,16H,4,7-9H2,1H3. The molecule has 2 aromatic rings. The van der Waals surface area contributed by atoms with Crippen LogP contribution < -0.4 is 5.32 Å². The number of benzene rings is 1. The molecular weight excluding hydrogens is 262 g/mol. The van der Waals surface area contributed by atoms with E-state index < -0.39 is 0 Å². The Morgan fingerprint density at radius 2 is 2.21 bits per heavy atom. The summed E-state index contributed by atoms with van der Waals surface area (Å²) < 4.78 is 5.46. The summed E-state index contributed by atoms with van der Waals surface area (Å²) in [6.45, 7) is 4.08. The summed E-state index contributed by atoms with van der Waals surface area (Å²) in [5.41, 5.74) is 0.733. The van der Waals surface area contributed by atoms with Gasteiger partial charge in [-0.05, 0) is 38.4 Å². The van der Waals surface area contributed by atoms with Gasteiger partial charge in [-0.15, -0.1) is 0 Å². The summed E-state index contributed by atoms with van der Waals surface area (Å²) in [6, 6.07) is 7.54. The Labute approximate surface area is 117 Å². The predicted molar refractivity (Wildman–Crippen MR) is 74.2 cm³/mol. The van der Waals surface area contributed by atoms with Gasteiger partial charge < -0.3 is 9.84 Å². The first kappa shape index (κ1) is 12.6. The maximum Gasteiger partial charge on any atom is 0.234 e. The lowest BCUT2D eigenvalue weighted by molar-refractivity contribution is 0.245. The topological polar surface area (TPSA) is 51.0 Å². The van der Waals surface area contributed by atoms with E-state index in [4.69, 9.17) is 16.1 Å². The zero-order chi connectivity index (χ0) is 13.3. The first-order valence-corrected chi connectivity index (χ1v) is 6.87. The third kappa shape index (κ3) is 2.38. The Morgan fingerprint density at radius 1 is 1.37 bits per heavy atom. The Kier molecular flexibility index (Phi) is 3.29. The molecule has 0 aliphatic carbocycles. The minimum Gasteiger partial charge on any atom is -0.338 e. The van der Waals surface area contributed by atoms with E-state index in [1.165, 1.54) is 0 Å². The molecule has 1 fully saturated rings. The van der Waals surface area contributed by atoms with Gasteiger partial charge in [0.2, 0.25) is 11.7 Å². The molecule has 1 aliphatic heterocycles. The third-order valence-corrected chi connectivity index (χ3v) is 3.98. The van der Waals surface area contributed by atoms with Crippen molar-refractivity contribution in [2.45, 2.75) is 25.2 Å². The minimum absolute atomic E-state index is 0.0786. The zero-order valence-electron chi connectivity index (χ0n) is 10.8. The molecule has 0 radical (unpaired) electrons. The molecule has 0 saturated carbocycles. The monoisotopic (exact) mass is 277 g/mol. The lowest BCUT2D eigenvalue weighted by atomic mass is 9.83. The van der Waals surface area contributed by atoms with Gasteiger partial charge in [-0.2, -0.15) is 4.98 Å². The van der Waals surface area contributed by atoms with E-state index in [0.717, 1.165) is 31.5 Å². The maximum absolute atomic E-state index is 6.15. The summed E-state index contributed by atoms with van der Waals surface area (Å²) in [7, 11) is 0. The van der Waals surface area contributed by atoms with Crippen molar-refractivity contribution in [1.82, 2.24) is 15.5 Å². The largest absolute Gasteiger partial charge is 0.338 e. The van der Waals surface area contributed by atoms with Crippen molar-refractivity contribution in [3.8, 4) is 11.4 Å². The van der Waals surface area contributed by atoms with E-state index in [9.17, 15) is 0 Å². The third-order valence-electron chi connectivity index (χ3n) is 3.65. The molecule has 1 atom stereocenters. The van der Waals surface area contributed by atoms with E-state index in [1.807, 2.05) is 24.3 Å². The number of hydrogen-bond donors (Lipinski definition) is 1. The fourth-order valence-corrected chi connectivity index (χ4v) is 2.68. The van der Waals surface area contributed by atoms with Crippen molar-refractivity contribution >= 4 is 11.6 Å². The van der Waals surface area contributed by atoms with Crippen LogP contribution in [0.4, 0.5) is 0 Å². The second kappa shape index (κ2) is 4.94. The molecule has 0 amide bonds. The number of piperidine rings is 1. The first-order chi connectivity index (χ1) is 9.19. The minimum atomic E-state index is -0.0786. The summed E-state index contributed by atoms with van der Waals surface area (Å²) in [6.07, 6.45) is 2.18. The molecule has 1 N–H and O–H groups in total. The van der Waals surface area contributed by atoms with Gasteiger partial charge in [-0.3, -0.25) is 0 Å². The molecule has 0 spiro atoms. The van der Waals surface area contributed by atoms with Crippen molar-refractivity contribution in [3.63, 3.8) is 0 Å². The summed E-state index contributed by atoms with van der Waals surface area (Å²) in [5, 5.41) is 8.09. The van der Waals surface area contributed by atoms with Crippen LogP contribution in [0.15, 0.2) is 28.8 Å². The molecule has 3 rings (SSSR count). The number of hydrogen-bond acceptors (Lipinski definition) is 4. The summed E-state index contributed by atoms with van der Waals surface area (Å²) in [4.78, 5) is 4.53. The highest BCUT2D eigenvalue weighted by atomic mass is 35.5. The fraction of sp³-hybridized carbons (Fsp3) is 0.429. The summed E-state index contributed by atoms with van der Waals surface area (Å²) in [5.74, 6) is 1.25. The molecular formula is C14H16ClN3O. The van der Waals surface area contributed by atoms with Gasteiger partial charge in [0.25, 0.3) is 0 Å². The molecule has 0 bridgehead atoms. The molecule has 5 heteroatoms. The van der Waals surface area contributed by atoms with E-state index in [0.29, 0.717) is 16.7 Å². The molecule has 1 aromatic heterocycles. The van der Waals surface area contributed by atoms with Crippen molar-refractivity contribution in [3.05, 3.63) is 35.2 Å². The number of rotatable bonds is 2. The Balaban J connectivity index is 1.93. The molecule has 1 aliphatic rings. The Hall–Kier alpha value is -1.39. The molecule has 19 heavy (non-hydrogen) atoms. The number of aromatic nitrogens is 2. The summed E-state index contributed by atoms with van der Waals surface area (Å²) >= 11 is 6.15. The normalized spacial score (nSPS) is 23.5. The van der Waals surface area contributed by atoms with E-state index in [1.54, 1.807) is 0 Å². The van der Waals surface area contributed by atoms with Crippen LogP contribution in [-0.4, -0.2) is 23.2 Å². The van der Waals surface area contributed by atoms with Crippen molar-refractivity contribution < 1.29 is 4.52 Å². The number of halogens is 1. The molecule has 1 unspecified atom stereocenters. The molecule has 2 heterocycles. The second-order valence-corrected chi connectivity index (χ2v) is 5.65. The highest BCUT2D eigenvalue weighted by Crippen LogP contribution is 2.32. The molecule has 100 valence electrons. The van der Waals surface area contributed by atoms with Crippen LogP contribution in [0.1, 0.15) is 25.7 Å². The van der Waals surface area contributed by atoms with Crippen molar-refractivity contribution in [2.75, 3.05) is 13.1 Å². The van der Waals surface area contributed by atoms with Crippen molar-refractivity contribution in [2.24, 2.45) is 0 Å². The average Bonchev–Trinajstić information content (AvgIpc) is 2.90. The highest BCUT2D eigenvalue weighted by Gasteiger charge is 2.34. The van der Waals surface area contributed by atoms with Crippen LogP contribution in [0.3, 0.4) is 0 Å². The van der Waals surface area contributed by atoms with Gasteiger partial charge in [-0.25, -0.2) is 0 Å². The van der Waals surface area contributed by atoms with Gasteiger partial charge in [0.1, 0.15) is 0 Å². The van der Waals surface area contributed by atoms with Gasteiger partial charge >= 0.3 is 0 Å². The van der Waals surface area contributed by atoms with E-state index in [2.05, 4.69) is 22.4 Å². The van der Waals surface area contributed by atoms with Crippen LogP contribution in [0.2, 0.25) is 5.02 Å². The lowest BCUT2D eigenvalue weighted by Crippen LogP contribution is -2.41. The Morgan fingerprint density at radius 3 is 2.95 bits per heavy atom. The predicted octanol–water partition coefficient (Wildman–Crippen LogP) is 3.03. The Bertz CT molecular complexity index is 576. The van der Waals surface area contributed by atoms with Crippen LogP contribution >= 0.6 is 11.6 Å². The average molecular weight is 278 g/mol. The van der Waals surface area contributed by atoms with Gasteiger partial charge in [-0.1, -0.05) is 28.9 Å². The van der Waals surface area contributed by atoms with Gasteiger partial charge in [0.15, 0.2) is 0 Å². The van der Waals surface area contributed by atoms with Crippen LogP contribution in [-0.2, 0) is 5.41 Å². The van der Waals surface area contributed by atoms with Crippen LogP contribution in [0.25, 0.3) is 11.4 Å².